The molecule has 0 aliphatic carbocycles. The minimum Gasteiger partial charge on any atom is -0.471 e. The SMILES string of the molecule is O=C1O[C@@H](COc2ccon2)CN1c1ccc(C2(Cc3ccccc3)C(F)CNCC2F)cc1. The van der Waals surface area contributed by atoms with Crippen molar-refractivity contribution >= 4 is 11.8 Å². The third kappa shape index (κ3) is 4.23. The molecule has 7 nitrogen and oxygen atoms in total. The number of rotatable bonds is 7. The molecule has 2 aliphatic heterocycles. The number of hydrogen-bond acceptors (Lipinski definition) is 6. The molecule has 3 atom stereocenters. The van der Waals surface area contributed by atoms with Gasteiger partial charge in [0.25, 0.3) is 5.88 Å². The van der Waals surface area contributed by atoms with Gasteiger partial charge in [-0.1, -0.05) is 42.5 Å². The number of nitrogens with zero attached hydrogens (tertiary/aromatic N) is 2. The number of hydrogen-bond donors (Lipinski definition) is 1. The number of ether oxygens (including phenoxy) is 2. The summed E-state index contributed by atoms with van der Waals surface area (Å²) in [6.07, 6.45) is -2.17. The predicted octanol–water partition coefficient (Wildman–Crippen LogP) is 3.84. The fraction of sp³-hybridized carbons (Fsp3) is 0.360. The first-order valence-electron chi connectivity index (χ1n) is 11.2. The zero-order chi connectivity index (χ0) is 23.5. The molecule has 2 aromatic carbocycles. The van der Waals surface area contributed by atoms with Crippen molar-refractivity contribution in [3.05, 3.63) is 78.1 Å². The Balaban J connectivity index is 1.35. The quantitative estimate of drug-likeness (QED) is 0.567. The summed E-state index contributed by atoms with van der Waals surface area (Å²) in [4.78, 5) is 13.9. The third-order valence-corrected chi connectivity index (χ3v) is 6.53. The summed E-state index contributed by atoms with van der Waals surface area (Å²) in [6, 6.07) is 17.8. The Hall–Kier alpha value is -3.46. The van der Waals surface area contributed by atoms with Gasteiger partial charge in [-0.2, -0.15) is 0 Å². The van der Waals surface area contributed by atoms with E-state index >= 15 is 8.78 Å². The van der Waals surface area contributed by atoms with E-state index in [-0.39, 0.29) is 32.7 Å². The molecule has 0 saturated carbocycles. The maximum atomic E-state index is 15.4. The van der Waals surface area contributed by atoms with Gasteiger partial charge in [0.15, 0.2) is 6.10 Å². The van der Waals surface area contributed by atoms with Gasteiger partial charge >= 0.3 is 6.09 Å². The molecule has 2 aliphatic rings. The number of anilines is 1. The van der Waals surface area contributed by atoms with Crippen molar-refractivity contribution in [3.8, 4) is 5.88 Å². The molecule has 178 valence electrons. The van der Waals surface area contributed by atoms with Gasteiger partial charge in [0.2, 0.25) is 0 Å². The van der Waals surface area contributed by atoms with E-state index in [4.69, 9.17) is 14.0 Å². The summed E-state index contributed by atoms with van der Waals surface area (Å²) < 4.78 is 46.4. The highest BCUT2D eigenvalue weighted by Crippen LogP contribution is 2.41. The van der Waals surface area contributed by atoms with E-state index in [0.29, 0.717) is 17.1 Å². The maximum Gasteiger partial charge on any atom is 0.414 e. The van der Waals surface area contributed by atoms with Crippen LogP contribution < -0.4 is 15.0 Å². The number of halogens is 2. The molecule has 5 rings (SSSR count). The standard InChI is InChI=1S/C25H25F2N3O4/c26-21-13-28-14-22(27)25(21,12-17-4-2-1-3-5-17)18-6-8-19(9-7-18)30-15-20(34-24(30)31)16-32-23-10-11-33-29-23/h1-11,20-22,28H,12-16H2/t20-,21?,22?,25?/m1/s1. The molecule has 2 unspecified atom stereocenters. The molecule has 1 amide bonds. The second-order valence-electron chi connectivity index (χ2n) is 8.61. The van der Waals surface area contributed by atoms with Gasteiger partial charge in [-0.05, 0) is 34.8 Å². The predicted molar refractivity (Wildman–Crippen MR) is 121 cm³/mol. The highest BCUT2D eigenvalue weighted by molar-refractivity contribution is 5.89. The number of carbonyl (C=O) groups excluding carboxylic acids is 1. The van der Waals surface area contributed by atoms with Crippen LogP contribution in [0.5, 0.6) is 5.88 Å². The van der Waals surface area contributed by atoms with Crippen LogP contribution in [-0.4, -0.2) is 55.9 Å². The molecule has 0 radical (unpaired) electrons. The van der Waals surface area contributed by atoms with Crippen molar-refractivity contribution in [1.29, 1.82) is 0 Å². The smallest absolute Gasteiger partial charge is 0.414 e. The van der Waals surface area contributed by atoms with E-state index < -0.39 is 30.0 Å². The maximum absolute atomic E-state index is 15.4. The monoisotopic (exact) mass is 469 g/mol. The number of benzene rings is 2. The number of carbonyl (C=O) groups is 1. The molecule has 2 fully saturated rings. The van der Waals surface area contributed by atoms with E-state index in [1.165, 1.54) is 11.2 Å². The van der Waals surface area contributed by atoms with E-state index in [1.807, 2.05) is 30.3 Å². The first-order valence-corrected chi connectivity index (χ1v) is 11.2. The fourth-order valence-electron chi connectivity index (χ4n) is 4.74. The number of aromatic nitrogens is 1. The highest BCUT2D eigenvalue weighted by atomic mass is 19.1. The minimum absolute atomic E-state index is 0.0840. The van der Waals surface area contributed by atoms with Crippen LogP contribution in [0.25, 0.3) is 0 Å². The largest absolute Gasteiger partial charge is 0.471 e. The molecule has 2 saturated heterocycles. The van der Waals surface area contributed by atoms with Crippen LogP contribution >= 0.6 is 0 Å². The Bertz CT molecular complexity index is 1090. The molecule has 9 heteroatoms. The van der Waals surface area contributed by atoms with E-state index in [9.17, 15) is 4.79 Å². The van der Waals surface area contributed by atoms with Crippen molar-refractivity contribution in [1.82, 2.24) is 10.5 Å². The number of amides is 1. The lowest BCUT2D eigenvalue weighted by molar-refractivity contribution is 0.0531. The molecule has 0 bridgehead atoms. The van der Waals surface area contributed by atoms with Crippen molar-refractivity contribution in [2.24, 2.45) is 0 Å². The molecule has 3 aromatic rings. The van der Waals surface area contributed by atoms with Gasteiger partial charge in [-0.15, -0.1) is 0 Å². The highest BCUT2D eigenvalue weighted by Gasteiger charge is 2.50. The Morgan fingerprint density at radius 2 is 1.79 bits per heavy atom. The van der Waals surface area contributed by atoms with E-state index in [0.717, 1.165) is 5.56 Å². The first kappa shape index (κ1) is 22.3. The van der Waals surface area contributed by atoms with E-state index in [2.05, 4.69) is 10.5 Å². The minimum atomic E-state index is -1.41. The zero-order valence-corrected chi connectivity index (χ0v) is 18.4. The Labute approximate surface area is 195 Å². The van der Waals surface area contributed by atoms with Gasteiger partial charge in [0.1, 0.15) is 25.2 Å². The molecule has 1 N–H and O–H groups in total. The van der Waals surface area contributed by atoms with Crippen molar-refractivity contribution in [3.63, 3.8) is 0 Å². The second kappa shape index (κ2) is 9.42. The molecular weight excluding hydrogens is 444 g/mol. The lowest BCUT2D eigenvalue weighted by atomic mass is 9.67. The van der Waals surface area contributed by atoms with Gasteiger partial charge in [-0.25, -0.2) is 13.6 Å². The van der Waals surface area contributed by atoms with Crippen LogP contribution in [0.4, 0.5) is 19.3 Å². The van der Waals surface area contributed by atoms with Crippen LogP contribution in [0.3, 0.4) is 0 Å². The lowest BCUT2D eigenvalue weighted by Crippen LogP contribution is -2.59. The normalized spacial score (nSPS) is 26.9. The zero-order valence-electron chi connectivity index (χ0n) is 18.4. The number of nitrogens with one attached hydrogen (secondary N) is 1. The molecular formula is C25H25F2N3O4. The summed E-state index contributed by atoms with van der Waals surface area (Å²) >= 11 is 0. The molecule has 3 heterocycles. The summed E-state index contributed by atoms with van der Waals surface area (Å²) in [5.41, 5.74) is 0.717. The average Bonchev–Trinajstić information content (AvgIpc) is 3.51. The summed E-state index contributed by atoms with van der Waals surface area (Å²) in [5.74, 6) is 0.311. The van der Waals surface area contributed by atoms with Crippen LogP contribution in [-0.2, 0) is 16.6 Å². The Morgan fingerprint density at radius 3 is 2.47 bits per heavy atom. The number of alkyl halides is 2. The topological polar surface area (TPSA) is 76.8 Å². The third-order valence-electron chi connectivity index (χ3n) is 6.53. The average molecular weight is 469 g/mol. The van der Waals surface area contributed by atoms with Crippen LogP contribution in [0.15, 0.2) is 71.4 Å². The van der Waals surface area contributed by atoms with Crippen LogP contribution in [0.2, 0.25) is 0 Å². The van der Waals surface area contributed by atoms with Gasteiger partial charge in [0.05, 0.1) is 12.0 Å². The van der Waals surface area contributed by atoms with Gasteiger partial charge in [0, 0.05) is 24.8 Å². The number of piperidine rings is 1. The van der Waals surface area contributed by atoms with Gasteiger partial charge < -0.3 is 19.3 Å². The summed E-state index contributed by atoms with van der Waals surface area (Å²) in [5, 5.41) is 6.50. The Morgan fingerprint density at radius 1 is 1.06 bits per heavy atom. The second-order valence-corrected chi connectivity index (χ2v) is 8.61. The fourth-order valence-corrected chi connectivity index (χ4v) is 4.74. The first-order chi connectivity index (χ1) is 16.6. The molecule has 0 spiro atoms. The van der Waals surface area contributed by atoms with Crippen molar-refractivity contribution < 1.29 is 27.6 Å². The van der Waals surface area contributed by atoms with Gasteiger partial charge in [-0.3, -0.25) is 4.90 Å². The van der Waals surface area contributed by atoms with E-state index in [1.54, 1.807) is 30.3 Å². The van der Waals surface area contributed by atoms with Crippen LogP contribution in [0.1, 0.15) is 11.1 Å². The van der Waals surface area contributed by atoms with Crippen molar-refractivity contribution in [2.45, 2.75) is 30.3 Å². The van der Waals surface area contributed by atoms with Crippen LogP contribution in [0, 0.1) is 0 Å². The lowest BCUT2D eigenvalue weighted by Gasteiger charge is -2.44. The van der Waals surface area contributed by atoms with Crippen molar-refractivity contribution in [2.75, 3.05) is 31.1 Å². The number of cyclic esters (lactones) is 1. The molecule has 1 aromatic heterocycles. The summed E-state index contributed by atoms with van der Waals surface area (Å²) in [7, 11) is 0. The summed E-state index contributed by atoms with van der Waals surface area (Å²) in [6.45, 7) is 0.584. The molecule has 34 heavy (non-hydrogen) atoms. The Kier molecular flexibility index (Phi) is 6.19.